The van der Waals surface area contributed by atoms with Crippen LogP contribution in [-0.2, 0) is 13.0 Å². The molecule has 1 aromatic heterocycles. The van der Waals surface area contributed by atoms with E-state index in [-0.39, 0.29) is 6.10 Å². The molecule has 2 aromatic rings. The maximum atomic E-state index is 10.4. The Bertz CT molecular complexity index is 589. The van der Waals surface area contributed by atoms with E-state index in [4.69, 9.17) is 0 Å². The minimum absolute atomic E-state index is 0.356. The van der Waals surface area contributed by atoms with E-state index in [1.165, 1.54) is 0 Å². The fraction of sp³-hybridized carbons (Fsp3) is 0.562. The Morgan fingerprint density at radius 2 is 2.00 bits per heavy atom. The fourth-order valence-corrected chi connectivity index (χ4v) is 3.06. The number of aromatic nitrogens is 2. The molecule has 5 nitrogen and oxygen atoms in total. The molecule has 21 heavy (non-hydrogen) atoms. The van der Waals surface area contributed by atoms with Crippen molar-refractivity contribution in [2.75, 3.05) is 32.7 Å². The minimum atomic E-state index is -0.356. The highest BCUT2D eigenvalue weighted by Crippen LogP contribution is 2.17. The summed E-state index contributed by atoms with van der Waals surface area (Å²) in [6, 6.07) is 8.16. The van der Waals surface area contributed by atoms with E-state index < -0.39 is 0 Å². The monoisotopic (exact) mass is 288 g/mol. The number of para-hydroxylation sites is 2. The van der Waals surface area contributed by atoms with Gasteiger partial charge in [0.2, 0.25) is 0 Å². The van der Waals surface area contributed by atoms with Crippen LogP contribution in [0.15, 0.2) is 24.3 Å². The maximum absolute atomic E-state index is 10.4. The second-order valence-electron chi connectivity index (χ2n) is 5.69. The molecule has 2 heterocycles. The highest BCUT2D eigenvalue weighted by Gasteiger charge is 2.17. The third-order valence-corrected chi connectivity index (χ3v) is 4.12. The van der Waals surface area contributed by atoms with Crippen LogP contribution in [0.3, 0.4) is 0 Å². The fourth-order valence-electron chi connectivity index (χ4n) is 3.06. The number of hydrogen-bond acceptors (Lipinski definition) is 4. The molecule has 1 atom stereocenters. The van der Waals surface area contributed by atoms with Crippen LogP contribution in [0, 0.1) is 0 Å². The number of fused-ring (bicyclic) bond motifs is 1. The van der Waals surface area contributed by atoms with E-state index in [0.717, 1.165) is 56.0 Å². The quantitative estimate of drug-likeness (QED) is 0.857. The number of rotatable bonds is 5. The summed E-state index contributed by atoms with van der Waals surface area (Å²) in [4.78, 5) is 6.98. The Balaban J connectivity index is 1.74. The highest BCUT2D eigenvalue weighted by atomic mass is 16.3. The van der Waals surface area contributed by atoms with E-state index in [9.17, 15) is 5.11 Å². The number of aryl methyl sites for hydroxylation is 1. The number of aliphatic hydroxyl groups is 1. The third-order valence-electron chi connectivity index (χ3n) is 4.12. The van der Waals surface area contributed by atoms with Crippen molar-refractivity contribution in [1.29, 1.82) is 0 Å². The molecule has 0 bridgehead atoms. The average Bonchev–Trinajstić information content (AvgIpc) is 2.86. The second kappa shape index (κ2) is 6.56. The van der Waals surface area contributed by atoms with Gasteiger partial charge in [0, 0.05) is 39.1 Å². The molecule has 1 aliphatic heterocycles. The lowest BCUT2D eigenvalue weighted by molar-refractivity contribution is 0.0920. The lowest BCUT2D eigenvalue weighted by Gasteiger charge is -2.29. The number of β-amino-alcohol motifs (C(OH)–C–C–N with tert-alkyl or cyclic N) is 1. The first-order valence-corrected chi connectivity index (χ1v) is 7.83. The summed E-state index contributed by atoms with van der Waals surface area (Å²) in [7, 11) is 0. The first kappa shape index (κ1) is 14.5. The van der Waals surface area contributed by atoms with E-state index in [1.807, 2.05) is 18.2 Å². The van der Waals surface area contributed by atoms with Crippen LogP contribution in [0.1, 0.15) is 12.7 Å². The average molecular weight is 288 g/mol. The number of imidazole rings is 1. The van der Waals surface area contributed by atoms with Gasteiger partial charge in [0.25, 0.3) is 0 Å². The van der Waals surface area contributed by atoms with Gasteiger partial charge in [0.15, 0.2) is 0 Å². The molecule has 5 heteroatoms. The van der Waals surface area contributed by atoms with Gasteiger partial charge >= 0.3 is 0 Å². The summed E-state index contributed by atoms with van der Waals surface area (Å²) in [6.07, 6.45) is 0.528. The summed E-state index contributed by atoms with van der Waals surface area (Å²) < 4.78 is 2.17. The number of piperazine rings is 1. The molecule has 1 fully saturated rings. The molecule has 1 aromatic carbocycles. The van der Waals surface area contributed by atoms with E-state index in [2.05, 4.69) is 32.8 Å². The summed E-state index contributed by atoms with van der Waals surface area (Å²) in [5, 5.41) is 13.8. The Kier molecular flexibility index (Phi) is 4.53. The molecular weight excluding hydrogens is 264 g/mol. The zero-order valence-corrected chi connectivity index (χ0v) is 12.6. The Hall–Kier alpha value is -1.43. The van der Waals surface area contributed by atoms with Gasteiger partial charge < -0.3 is 15.0 Å². The van der Waals surface area contributed by atoms with Gasteiger partial charge in [-0.2, -0.15) is 0 Å². The molecule has 3 rings (SSSR count). The Labute approximate surface area is 125 Å². The van der Waals surface area contributed by atoms with Gasteiger partial charge in [0.05, 0.1) is 23.7 Å². The van der Waals surface area contributed by atoms with Gasteiger partial charge in [-0.25, -0.2) is 4.98 Å². The molecule has 0 aliphatic carbocycles. The topological polar surface area (TPSA) is 53.3 Å². The van der Waals surface area contributed by atoms with Crippen LogP contribution < -0.4 is 5.32 Å². The first-order chi connectivity index (χ1) is 10.3. The van der Waals surface area contributed by atoms with Crippen LogP contribution in [0.2, 0.25) is 0 Å². The summed E-state index contributed by atoms with van der Waals surface area (Å²) in [5.74, 6) is 1.05. The second-order valence-corrected chi connectivity index (χ2v) is 5.69. The Morgan fingerprint density at radius 3 is 2.76 bits per heavy atom. The molecule has 1 unspecified atom stereocenters. The van der Waals surface area contributed by atoms with Crippen molar-refractivity contribution < 1.29 is 5.11 Å². The smallest absolute Gasteiger partial charge is 0.109 e. The van der Waals surface area contributed by atoms with Crippen molar-refractivity contribution in [3.8, 4) is 0 Å². The standard InChI is InChI=1S/C16H24N4O/c1-2-16-18-14-5-3-4-6-15(14)20(16)12-13(21)11-19-9-7-17-8-10-19/h3-6,13,17,21H,2,7-12H2,1H3. The van der Waals surface area contributed by atoms with Gasteiger partial charge in [-0.15, -0.1) is 0 Å². The summed E-state index contributed by atoms with van der Waals surface area (Å²) >= 11 is 0. The zero-order valence-electron chi connectivity index (χ0n) is 12.6. The predicted molar refractivity (Wildman–Crippen MR) is 84.4 cm³/mol. The molecule has 114 valence electrons. The number of nitrogens with zero attached hydrogens (tertiary/aromatic N) is 3. The van der Waals surface area contributed by atoms with Crippen molar-refractivity contribution in [3.05, 3.63) is 30.1 Å². The Morgan fingerprint density at radius 1 is 1.24 bits per heavy atom. The van der Waals surface area contributed by atoms with Crippen LogP contribution >= 0.6 is 0 Å². The maximum Gasteiger partial charge on any atom is 0.109 e. The van der Waals surface area contributed by atoms with E-state index >= 15 is 0 Å². The van der Waals surface area contributed by atoms with Crippen LogP contribution in [0.5, 0.6) is 0 Å². The largest absolute Gasteiger partial charge is 0.390 e. The lowest BCUT2D eigenvalue weighted by atomic mass is 10.2. The lowest BCUT2D eigenvalue weighted by Crippen LogP contribution is -2.46. The molecule has 0 radical (unpaired) electrons. The number of benzene rings is 1. The number of hydrogen-bond donors (Lipinski definition) is 2. The zero-order chi connectivity index (χ0) is 14.7. The van der Waals surface area contributed by atoms with Crippen LogP contribution in [-0.4, -0.2) is 58.4 Å². The van der Waals surface area contributed by atoms with Crippen molar-refractivity contribution >= 4 is 11.0 Å². The van der Waals surface area contributed by atoms with Crippen molar-refractivity contribution in [3.63, 3.8) is 0 Å². The molecule has 1 saturated heterocycles. The van der Waals surface area contributed by atoms with Crippen molar-refractivity contribution in [1.82, 2.24) is 19.8 Å². The van der Waals surface area contributed by atoms with Crippen molar-refractivity contribution in [2.24, 2.45) is 0 Å². The molecule has 2 N–H and O–H groups in total. The summed E-state index contributed by atoms with van der Waals surface area (Å²) in [6.45, 7) is 7.53. The van der Waals surface area contributed by atoms with Gasteiger partial charge in [-0.05, 0) is 12.1 Å². The predicted octanol–water partition coefficient (Wildman–Crippen LogP) is 0.865. The van der Waals surface area contributed by atoms with Gasteiger partial charge in [-0.1, -0.05) is 19.1 Å². The van der Waals surface area contributed by atoms with Gasteiger partial charge in [-0.3, -0.25) is 4.90 Å². The van der Waals surface area contributed by atoms with Crippen LogP contribution in [0.4, 0.5) is 0 Å². The normalized spacial score (nSPS) is 18.2. The third kappa shape index (κ3) is 3.26. The molecular formula is C16H24N4O. The number of aliphatic hydroxyl groups excluding tert-OH is 1. The first-order valence-electron chi connectivity index (χ1n) is 7.83. The SMILES string of the molecule is CCc1nc2ccccc2n1CC(O)CN1CCNCC1. The summed E-state index contributed by atoms with van der Waals surface area (Å²) in [5.41, 5.74) is 2.14. The highest BCUT2D eigenvalue weighted by molar-refractivity contribution is 5.75. The van der Waals surface area contributed by atoms with Crippen molar-refractivity contribution in [2.45, 2.75) is 26.0 Å². The van der Waals surface area contributed by atoms with E-state index in [1.54, 1.807) is 0 Å². The molecule has 1 aliphatic rings. The molecule has 0 spiro atoms. The van der Waals surface area contributed by atoms with Crippen LogP contribution in [0.25, 0.3) is 11.0 Å². The molecule has 0 saturated carbocycles. The van der Waals surface area contributed by atoms with Gasteiger partial charge in [0.1, 0.15) is 5.82 Å². The van der Waals surface area contributed by atoms with E-state index in [0.29, 0.717) is 6.54 Å². The number of nitrogens with one attached hydrogen (secondary N) is 1. The molecule has 0 amide bonds. The minimum Gasteiger partial charge on any atom is -0.390 e.